The first-order valence-corrected chi connectivity index (χ1v) is 7.57. The summed E-state index contributed by atoms with van der Waals surface area (Å²) in [6.45, 7) is 2.98. The number of piperazine rings is 1. The van der Waals surface area contributed by atoms with E-state index in [2.05, 4.69) is 10.3 Å². The van der Waals surface area contributed by atoms with Crippen molar-refractivity contribution in [2.45, 2.75) is 31.3 Å². The van der Waals surface area contributed by atoms with E-state index in [4.69, 9.17) is 0 Å². The summed E-state index contributed by atoms with van der Waals surface area (Å²) in [6.07, 6.45) is 1.65. The van der Waals surface area contributed by atoms with Gasteiger partial charge < -0.3 is 4.57 Å². The molecule has 2 heterocycles. The lowest BCUT2D eigenvalue weighted by Gasteiger charge is -2.31. The third kappa shape index (κ3) is 2.34. The Balaban J connectivity index is 2.45. The molecule has 1 saturated heterocycles. The van der Waals surface area contributed by atoms with E-state index in [0.717, 1.165) is 4.31 Å². The zero-order chi connectivity index (χ0) is 15.1. The third-order valence-corrected chi connectivity index (χ3v) is 4.98. The van der Waals surface area contributed by atoms with Crippen molar-refractivity contribution in [3.8, 4) is 0 Å². The van der Waals surface area contributed by atoms with Crippen LogP contribution in [0, 0.1) is 6.92 Å². The number of aromatic nitrogens is 2. The molecule has 1 aromatic rings. The van der Waals surface area contributed by atoms with E-state index < -0.39 is 27.9 Å². The molecule has 1 unspecified atom stereocenters. The van der Waals surface area contributed by atoms with E-state index >= 15 is 0 Å². The molecule has 1 aliphatic heterocycles. The van der Waals surface area contributed by atoms with E-state index in [-0.39, 0.29) is 18.0 Å². The first kappa shape index (κ1) is 14.7. The van der Waals surface area contributed by atoms with E-state index in [0.29, 0.717) is 5.82 Å². The molecule has 0 radical (unpaired) electrons. The van der Waals surface area contributed by atoms with Gasteiger partial charge in [0.2, 0.25) is 11.8 Å². The highest BCUT2D eigenvalue weighted by Gasteiger charge is 2.41. The number of carbonyl (C=O) groups excluding carboxylic acids is 2. The molecule has 0 spiro atoms. The maximum atomic E-state index is 12.5. The molecule has 2 rings (SSSR count). The Morgan fingerprint density at radius 2 is 2.10 bits per heavy atom. The van der Waals surface area contributed by atoms with Crippen LogP contribution in [0.5, 0.6) is 0 Å². The number of sulfonamides is 1. The smallest absolute Gasteiger partial charge is 0.263 e. The molecule has 20 heavy (non-hydrogen) atoms. The second-order valence-corrected chi connectivity index (χ2v) is 6.46. The van der Waals surface area contributed by atoms with Crippen LogP contribution in [0.15, 0.2) is 11.2 Å². The summed E-state index contributed by atoms with van der Waals surface area (Å²) in [7, 11) is -2.30. The van der Waals surface area contributed by atoms with Gasteiger partial charge in [-0.05, 0) is 13.3 Å². The molecular weight excluding hydrogens is 284 g/mol. The second-order valence-electron chi connectivity index (χ2n) is 4.62. The number of nitrogens with zero attached hydrogens (tertiary/aromatic N) is 3. The minimum atomic E-state index is -3.97. The van der Waals surface area contributed by atoms with Gasteiger partial charge in [0.25, 0.3) is 10.0 Å². The predicted octanol–water partition coefficient (Wildman–Crippen LogP) is -0.846. The molecule has 1 fully saturated rings. The molecule has 9 heteroatoms. The summed E-state index contributed by atoms with van der Waals surface area (Å²) in [5, 5.41) is 1.99. The number of imidazole rings is 1. The molecule has 1 aromatic heterocycles. The summed E-state index contributed by atoms with van der Waals surface area (Å²) in [5.74, 6) is -0.694. The standard InChI is InChI=1S/C11H16N4O4S/c1-4-8-11(17)13-9(16)5-15(8)20(18,19)10-6-14(3)7(2)12-10/h6,8H,4-5H2,1-3H3,(H,13,16,17). The van der Waals surface area contributed by atoms with Gasteiger partial charge in [0.15, 0.2) is 5.03 Å². The lowest BCUT2D eigenvalue weighted by molar-refractivity contribution is -0.137. The fraction of sp³-hybridized carbons (Fsp3) is 0.545. The van der Waals surface area contributed by atoms with Crippen LogP contribution in [0.1, 0.15) is 19.2 Å². The number of imide groups is 1. The lowest BCUT2D eigenvalue weighted by Crippen LogP contribution is -2.59. The van der Waals surface area contributed by atoms with Crippen molar-refractivity contribution in [3.05, 3.63) is 12.0 Å². The fourth-order valence-electron chi connectivity index (χ4n) is 2.05. The Morgan fingerprint density at radius 1 is 1.45 bits per heavy atom. The molecule has 1 atom stereocenters. The van der Waals surface area contributed by atoms with Gasteiger partial charge in [0.05, 0.1) is 6.54 Å². The van der Waals surface area contributed by atoms with Crippen LogP contribution >= 0.6 is 0 Å². The fourth-order valence-corrected chi connectivity index (χ4v) is 3.70. The maximum absolute atomic E-state index is 12.5. The average Bonchev–Trinajstić information content (AvgIpc) is 2.69. The number of nitrogens with one attached hydrogen (secondary N) is 1. The Hall–Kier alpha value is -1.74. The number of rotatable bonds is 3. The van der Waals surface area contributed by atoms with Crippen LogP contribution in [-0.4, -0.2) is 46.7 Å². The number of hydrogen-bond donors (Lipinski definition) is 1. The van der Waals surface area contributed by atoms with Crippen LogP contribution < -0.4 is 5.32 Å². The summed E-state index contributed by atoms with van der Waals surface area (Å²) in [6, 6.07) is -0.889. The minimum absolute atomic E-state index is 0.154. The Bertz CT molecular complexity index is 644. The van der Waals surface area contributed by atoms with E-state index in [1.807, 2.05) is 0 Å². The van der Waals surface area contributed by atoms with Crippen molar-refractivity contribution < 1.29 is 18.0 Å². The van der Waals surface area contributed by atoms with E-state index in [9.17, 15) is 18.0 Å². The van der Waals surface area contributed by atoms with Crippen molar-refractivity contribution in [1.82, 2.24) is 19.2 Å². The van der Waals surface area contributed by atoms with Gasteiger partial charge in [-0.3, -0.25) is 14.9 Å². The number of amides is 2. The van der Waals surface area contributed by atoms with Gasteiger partial charge in [0, 0.05) is 13.2 Å². The summed E-state index contributed by atoms with van der Waals surface area (Å²) in [5.41, 5.74) is 0. The van der Waals surface area contributed by atoms with Crippen molar-refractivity contribution in [2.75, 3.05) is 6.54 Å². The molecule has 0 bridgehead atoms. The predicted molar refractivity (Wildman–Crippen MR) is 69.1 cm³/mol. The van der Waals surface area contributed by atoms with Gasteiger partial charge in [-0.2, -0.15) is 4.31 Å². The Kier molecular flexibility index (Phi) is 3.65. The topological polar surface area (TPSA) is 101 Å². The van der Waals surface area contributed by atoms with Crippen molar-refractivity contribution >= 4 is 21.8 Å². The highest BCUT2D eigenvalue weighted by molar-refractivity contribution is 7.89. The molecule has 110 valence electrons. The van der Waals surface area contributed by atoms with Gasteiger partial charge in [-0.1, -0.05) is 6.92 Å². The molecular formula is C11H16N4O4S. The quantitative estimate of drug-likeness (QED) is 0.733. The van der Waals surface area contributed by atoms with E-state index in [1.165, 1.54) is 6.20 Å². The van der Waals surface area contributed by atoms with Gasteiger partial charge >= 0.3 is 0 Å². The first-order valence-electron chi connectivity index (χ1n) is 6.13. The van der Waals surface area contributed by atoms with Crippen LogP contribution in [-0.2, 0) is 26.7 Å². The molecule has 1 aliphatic rings. The molecule has 0 aliphatic carbocycles. The monoisotopic (exact) mass is 300 g/mol. The normalized spacial score (nSPS) is 21.1. The number of hydrogen-bond acceptors (Lipinski definition) is 5. The summed E-state index contributed by atoms with van der Waals surface area (Å²) >= 11 is 0. The van der Waals surface area contributed by atoms with Gasteiger partial charge in [-0.25, -0.2) is 13.4 Å². The maximum Gasteiger partial charge on any atom is 0.263 e. The van der Waals surface area contributed by atoms with Crippen molar-refractivity contribution in [2.24, 2.45) is 7.05 Å². The largest absolute Gasteiger partial charge is 0.337 e. The number of aryl methyl sites for hydroxylation is 2. The van der Waals surface area contributed by atoms with Crippen LogP contribution in [0.3, 0.4) is 0 Å². The molecule has 2 amide bonds. The van der Waals surface area contributed by atoms with Crippen LogP contribution in [0.4, 0.5) is 0 Å². The Morgan fingerprint density at radius 3 is 2.60 bits per heavy atom. The zero-order valence-electron chi connectivity index (χ0n) is 11.5. The van der Waals surface area contributed by atoms with Crippen molar-refractivity contribution in [1.29, 1.82) is 0 Å². The molecule has 0 saturated carbocycles. The average molecular weight is 300 g/mol. The Labute approximate surface area is 116 Å². The molecule has 0 aromatic carbocycles. The first-order chi connectivity index (χ1) is 9.27. The minimum Gasteiger partial charge on any atom is -0.337 e. The third-order valence-electron chi connectivity index (χ3n) is 3.26. The highest BCUT2D eigenvalue weighted by Crippen LogP contribution is 2.20. The zero-order valence-corrected chi connectivity index (χ0v) is 12.3. The summed E-state index contributed by atoms with van der Waals surface area (Å²) in [4.78, 5) is 27.1. The SMILES string of the molecule is CCC1C(=O)NC(=O)CN1S(=O)(=O)c1cn(C)c(C)n1. The second kappa shape index (κ2) is 4.98. The number of carbonyl (C=O) groups is 2. The molecule has 8 nitrogen and oxygen atoms in total. The van der Waals surface area contributed by atoms with Crippen LogP contribution in [0.2, 0.25) is 0 Å². The lowest BCUT2D eigenvalue weighted by atomic mass is 10.2. The van der Waals surface area contributed by atoms with Crippen LogP contribution in [0.25, 0.3) is 0 Å². The van der Waals surface area contributed by atoms with Crippen molar-refractivity contribution in [3.63, 3.8) is 0 Å². The highest BCUT2D eigenvalue weighted by atomic mass is 32.2. The summed E-state index contributed by atoms with van der Waals surface area (Å²) < 4.78 is 27.5. The molecule has 1 N–H and O–H groups in total. The van der Waals surface area contributed by atoms with E-state index in [1.54, 1.807) is 25.5 Å². The van der Waals surface area contributed by atoms with Gasteiger partial charge in [0.1, 0.15) is 11.9 Å². The van der Waals surface area contributed by atoms with Gasteiger partial charge in [-0.15, -0.1) is 0 Å².